The van der Waals surface area contributed by atoms with Crippen molar-refractivity contribution in [3.05, 3.63) is 72.4 Å². The highest BCUT2D eigenvalue weighted by Gasteiger charge is 2.24. The summed E-state index contributed by atoms with van der Waals surface area (Å²) in [6.45, 7) is 1.84. The van der Waals surface area contributed by atoms with Crippen LogP contribution in [-0.4, -0.2) is 21.4 Å². The van der Waals surface area contributed by atoms with E-state index in [-0.39, 0.29) is 6.04 Å². The zero-order valence-electron chi connectivity index (χ0n) is 12.7. The van der Waals surface area contributed by atoms with Crippen LogP contribution in [0.5, 0.6) is 0 Å². The number of H-pyrrole nitrogens is 1. The van der Waals surface area contributed by atoms with E-state index in [1.54, 1.807) is 12.1 Å². The molecule has 0 saturated heterocycles. The summed E-state index contributed by atoms with van der Waals surface area (Å²) in [6, 6.07) is 20.3. The summed E-state index contributed by atoms with van der Waals surface area (Å²) in [5, 5.41) is 16.8. The van der Waals surface area contributed by atoms with Crippen LogP contribution in [0.1, 0.15) is 18.7 Å². The number of hydrogen-bond acceptors (Lipinski definition) is 2. The van der Waals surface area contributed by atoms with Gasteiger partial charge in [-0.2, -0.15) is 5.10 Å². The van der Waals surface area contributed by atoms with E-state index in [1.165, 1.54) is 4.90 Å². The number of hydrogen-bond donors (Lipinski definition) is 2. The van der Waals surface area contributed by atoms with E-state index in [0.29, 0.717) is 5.69 Å². The molecular weight excluding hydrogens is 290 g/mol. The van der Waals surface area contributed by atoms with Crippen molar-refractivity contribution in [3.8, 4) is 11.3 Å². The van der Waals surface area contributed by atoms with Gasteiger partial charge >= 0.3 is 6.09 Å². The topological polar surface area (TPSA) is 69.2 Å². The van der Waals surface area contributed by atoms with Gasteiger partial charge in [-0.3, -0.25) is 10.00 Å². The fraction of sp³-hybridized carbons (Fsp3) is 0.111. The van der Waals surface area contributed by atoms with Gasteiger partial charge in [0.25, 0.3) is 0 Å². The molecule has 0 spiro atoms. The second-order valence-corrected chi connectivity index (χ2v) is 5.24. The highest BCUT2D eigenvalue weighted by Crippen LogP contribution is 2.28. The number of carboxylic acid groups (broad SMARTS) is 1. The molecule has 0 fully saturated rings. The van der Waals surface area contributed by atoms with E-state index in [1.807, 2.05) is 61.5 Å². The van der Waals surface area contributed by atoms with Crippen LogP contribution in [0.3, 0.4) is 0 Å². The number of aromatic amines is 1. The van der Waals surface area contributed by atoms with Gasteiger partial charge in [0.05, 0.1) is 17.4 Å². The molecule has 5 nitrogen and oxygen atoms in total. The minimum atomic E-state index is -1.00. The monoisotopic (exact) mass is 307 g/mol. The largest absolute Gasteiger partial charge is 0.465 e. The molecule has 0 radical (unpaired) electrons. The zero-order valence-corrected chi connectivity index (χ0v) is 12.7. The lowest BCUT2D eigenvalue weighted by Crippen LogP contribution is -2.32. The highest BCUT2D eigenvalue weighted by atomic mass is 16.4. The summed E-state index contributed by atoms with van der Waals surface area (Å²) >= 11 is 0. The zero-order chi connectivity index (χ0) is 16.2. The first kappa shape index (κ1) is 14.8. The van der Waals surface area contributed by atoms with Gasteiger partial charge in [-0.25, -0.2) is 4.79 Å². The fourth-order valence-electron chi connectivity index (χ4n) is 2.53. The Morgan fingerprint density at radius 2 is 1.70 bits per heavy atom. The smallest absolute Gasteiger partial charge is 0.412 e. The molecule has 3 rings (SSSR count). The number of para-hydroxylation sites is 1. The molecule has 1 atom stereocenters. The summed E-state index contributed by atoms with van der Waals surface area (Å²) in [5.41, 5.74) is 3.16. The van der Waals surface area contributed by atoms with E-state index in [9.17, 15) is 9.90 Å². The third kappa shape index (κ3) is 3.08. The molecule has 5 heteroatoms. The maximum absolute atomic E-state index is 11.7. The molecule has 0 aliphatic rings. The van der Waals surface area contributed by atoms with E-state index < -0.39 is 6.09 Å². The number of anilines is 1. The minimum Gasteiger partial charge on any atom is -0.465 e. The third-order valence-corrected chi connectivity index (χ3v) is 3.75. The third-order valence-electron chi connectivity index (χ3n) is 3.75. The van der Waals surface area contributed by atoms with Crippen molar-refractivity contribution in [1.82, 2.24) is 10.2 Å². The summed E-state index contributed by atoms with van der Waals surface area (Å²) in [5.74, 6) is 0. The minimum absolute atomic E-state index is 0.375. The average Bonchev–Trinajstić information content (AvgIpc) is 3.06. The molecule has 2 N–H and O–H groups in total. The Morgan fingerprint density at radius 3 is 2.30 bits per heavy atom. The second-order valence-electron chi connectivity index (χ2n) is 5.24. The predicted molar refractivity (Wildman–Crippen MR) is 89.4 cm³/mol. The lowest BCUT2D eigenvalue weighted by Gasteiger charge is -2.25. The van der Waals surface area contributed by atoms with Gasteiger partial charge in [0.1, 0.15) is 0 Å². The van der Waals surface area contributed by atoms with Crippen LogP contribution in [0.25, 0.3) is 11.3 Å². The van der Waals surface area contributed by atoms with Crippen LogP contribution < -0.4 is 4.90 Å². The van der Waals surface area contributed by atoms with Gasteiger partial charge in [0.15, 0.2) is 0 Å². The molecule has 0 aliphatic heterocycles. The van der Waals surface area contributed by atoms with Gasteiger partial charge in [-0.1, -0.05) is 48.5 Å². The van der Waals surface area contributed by atoms with Crippen LogP contribution in [0, 0.1) is 0 Å². The van der Waals surface area contributed by atoms with Gasteiger partial charge < -0.3 is 5.11 Å². The van der Waals surface area contributed by atoms with Gasteiger partial charge in [-0.05, 0) is 25.1 Å². The number of aromatic nitrogens is 2. The van der Waals surface area contributed by atoms with Gasteiger partial charge in [-0.15, -0.1) is 0 Å². The van der Waals surface area contributed by atoms with Crippen LogP contribution in [0.4, 0.5) is 10.5 Å². The molecule has 1 heterocycles. The van der Waals surface area contributed by atoms with Crippen LogP contribution in [0.15, 0.2) is 66.7 Å². The summed E-state index contributed by atoms with van der Waals surface area (Å²) < 4.78 is 0. The molecule has 0 aliphatic carbocycles. The maximum Gasteiger partial charge on any atom is 0.412 e. The Bertz CT molecular complexity index is 784. The molecule has 1 amide bonds. The van der Waals surface area contributed by atoms with E-state index >= 15 is 0 Å². The quantitative estimate of drug-likeness (QED) is 0.754. The fourth-order valence-corrected chi connectivity index (χ4v) is 2.53. The second kappa shape index (κ2) is 6.36. The van der Waals surface area contributed by atoms with Crippen LogP contribution in [-0.2, 0) is 0 Å². The Hall–Kier alpha value is -3.08. The molecule has 1 aromatic heterocycles. The lowest BCUT2D eigenvalue weighted by atomic mass is 10.1. The van der Waals surface area contributed by atoms with E-state index in [4.69, 9.17) is 0 Å². The van der Waals surface area contributed by atoms with Crippen LogP contribution in [0.2, 0.25) is 0 Å². The number of amides is 1. The number of carbonyl (C=O) groups is 1. The molecule has 1 unspecified atom stereocenters. The maximum atomic E-state index is 11.7. The Morgan fingerprint density at radius 1 is 1.09 bits per heavy atom. The number of nitrogens with one attached hydrogen (secondary N) is 1. The van der Waals surface area contributed by atoms with Crippen molar-refractivity contribution in [3.63, 3.8) is 0 Å². The predicted octanol–water partition coefficient (Wildman–Crippen LogP) is 4.32. The first-order valence-corrected chi connectivity index (χ1v) is 7.35. The normalized spacial score (nSPS) is 11.9. The number of benzene rings is 2. The van der Waals surface area contributed by atoms with E-state index in [2.05, 4.69) is 10.2 Å². The van der Waals surface area contributed by atoms with Crippen LogP contribution >= 0.6 is 0 Å². The van der Waals surface area contributed by atoms with Crippen molar-refractivity contribution in [2.45, 2.75) is 13.0 Å². The summed E-state index contributed by atoms with van der Waals surface area (Å²) in [7, 11) is 0. The molecule has 2 aromatic carbocycles. The molecule has 116 valence electrons. The highest BCUT2D eigenvalue weighted by molar-refractivity contribution is 5.86. The Labute approximate surface area is 134 Å². The number of rotatable bonds is 4. The Kier molecular flexibility index (Phi) is 4.10. The van der Waals surface area contributed by atoms with Crippen molar-refractivity contribution in [1.29, 1.82) is 0 Å². The van der Waals surface area contributed by atoms with Crippen molar-refractivity contribution in [2.75, 3.05) is 4.90 Å². The standard InChI is InChI=1S/C18H17N3O2/c1-13(21(18(22)23)15-10-6-3-7-11-15)16-12-17(20-19-16)14-8-4-2-5-9-14/h2-13H,1H3,(H,19,20)(H,22,23). The average molecular weight is 307 g/mol. The molecule has 23 heavy (non-hydrogen) atoms. The lowest BCUT2D eigenvalue weighted by molar-refractivity contribution is 0.199. The molecule has 0 saturated carbocycles. The molecule has 0 bridgehead atoms. The first-order chi connectivity index (χ1) is 11.2. The summed E-state index contributed by atoms with van der Waals surface area (Å²) in [4.78, 5) is 13.0. The van der Waals surface area contributed by atoms with Crippen molar-refractivity contribution >= 4 is 11.8 Å². The first-order valence-electron chi connectivity index (χ1n) is 7.35. The van der Waals surface area contributed by atoms with Crippen molar-refractivity contribution < 1.29 is 9.90 Å². The Balaban J connectivity index is 1.91. The number of nitrogens with zero attached hydrogens (tertiary/aromatic N) is 2. The molecular formula is C18H17N3O2. The van der Waals surface area contributed by atoms with Crippen molar-refractivity contribution in [2.24, 2.45) is 0 Å². The summed E-state index contributed by atoms with van der Waals surface area (Å²) in [6.07, 6.45) is -1.00. The van der Waals surface area contributed by atoms with E-state index in [0.717, 1.165) is 17.0 Å². The van der Waals surface area contributed by atoms with Gasteiger partial charge in [0, 0.05) is 11.3 Å². The molecule has 3 aromatic rings. The SMILES string of the molecule is CC(c1cc(-c2ccccc2)n[nH]1)N(C(=O)O)c1ccccc1. The van der Waals surface area contributed by atoms with Gasteiger partial charge in [0.2, 0.25) is 0 Å².